The number of amides is 8. The number of benzene rings is 9. The number of ether oxygens (including phenoxy) is 5. The van der Waals surface area contributed by atoms with Crippen LogP contribution in [0.25, 0.3) is 85.1 Å². The highest BCUT2D eigenvalue weighted by molar-refractivity contribution is 7.26. The number of H-pyrrole nitrogens is 2. The highest BCUT2D eigenvalue weighted by Crippen LogP contribution is 2.45. The van der Waals surface area contributed by atoms with Crippen LogP contribution < -0.4 is 21.3 Å². The number of carbonyl (C=O) groups is 9. The molecule has 0 radical (unpaired) electrons. The molecule has 8 atom stereocenters. The molecule has 10 heterocycles. The summed E-state index contributed by atoms with van der Waals surface area (Å²) in [6.45, 7) is 10.4. The van der Waals surface area contributed by atoms with Crippen molar-refractivity contribution >= 4 is 140 Å². The van der Waals surface area contributed by atoms with Crippen LogP contribution in [0.5, 0.6) is 0 Å². The minimum atomic E-state index is -1.13. The van der Waals surface area contributed by atoms with E-state index in [1.54, 1.807) is 62.8 Å². The molecule has 0 spiro atoms. The molecule has 0 unspecified atom stereocenters. The Morgan fingerprint density at radius 3 is 1.17 bits per heavy atom. The fourth-order valence-electron chi connectivity index (χ4n) is 19.0. The molecule has 0 saturated carbocycles. The topological polar surface area (TPSA) is 363 Å². The van der Waals surface area contributed by atoms with Gasteiger partial charge in [-0.3, -0.25) is 29.3 Å². The summed E-state index contributed by atoms with van der Waals surface area (Å²) in [5, 5.41) is 24.1. The number of alkyl carbamates (subject to hydrolysis) is 4. The summed E-state index contributed by atoms with van der Waals surface area (Å²) >= 11 is 3.53. The van der Waals surface area contributed by atoms with Gasteiger partial charge in [0.1, 0.15) is 36.4 Å². The Morgan fingerprint density at radius 2 is 0.756 bits per heavy atom. The third kappa shape index (κ3) is 20.1. The van der Waals surface area contributed by atoms with Crippen molar-refractivity contribution in [2.75, 3.05) is 54.6 Å². The van der Waals surface area contributed by atoms with Crippen LogP contribution in [0.15, 0.2) is 223 Å². The van der Waals surface area contributed by atoms with Gasteiger partial charge in [0.2, 0.25) is 11.8 Å². The van der Waals surface area contributed by atoms with Gasteiger partial charge in [-0.25, -0.2) is 38.7 Å². The molecule has 29 nitrogen and oxygen atoms in total. The number of likely N-dealkylation sites (tertiary alicyclic amines) is 4. The van der Waals surface area contributed by atoms with E-state index in [0.29, 0.717) is 56.0 Å². The zero-order valence-electron chi connectivity index (χ0n) is 76.1. The number of carboxylic acids is 1. The van der Waals surface area contributed by atoms with Crippen molar-refractivity contribution in [2.45, 2.75) is 147 Å². The lowest BCUT2D eigenvalue weighted by atomic mass is 9.97. The Bertz CT molecular complexity index is 6710. The smallest absolute Gasteiger partial charge is 0.410 e. The number of fused-ring (bicyclic) bond motifs is 8. The van der Waals surface area contributed by atoms with E-state index in [9.17, 15) is 43.2 Å². The van der Waals surface area contributed by atoms with Crippen molar-refractivity contribution in [3.05, 3.63) is 252 Å². The second-order valence-electron chi connectivity index (χ2n) is 35.1. The van der Waals surface area contributed by atoms with Gasteiger partial charge in [-0.15, -0.1) is 22.7 Å². The first-order valence-corrected chi connectivity index (χ1v) is 47.2. The van der Waals surface area contributed by atoms with Crippen molar-refractivity contribution < 1.29 is 71.9 Å². The highest BCUT2D eigenvalue weighted by atomic mass is 32.1. The first kappa shape index (κ1) is 92.3. The number of thiophene rings is 2. The van der Waals surface area contributed by atoms with Gasteiger partial charge in [0, 0.05) is 102 Å². The van der Waals surface area contributed by atoms with Gasteiger partial charge in [0.15, 0.2) is 6.04 Å². The van der Waals surface area contributed by atoms with E-state index in [1.807, 2.05) is 111 Å². The van der Waals surface area contributed by atoms with Crippen LogP contribution in [0.2, 0.25) is 0 Å². The molecule has 694 valence electrons. The number of methoxy groups -OCH3 is 4. The molecular weight excluding hydrogens is 1750 g/mol. The molecular formula is C104H106N14O15S2. The maximum atomic E-state index is 14.0. The molecule has 0 aliphatic carbocycles. The standard InChI is InChI=1S/C48H49N7O6S.C46H46N6O5S.C10H11NO4/c1-27(2)42(52-47(58)60-3)45(56)54-20-8-12-38(54)36-23-32-22-29(16-19-35(32)50-36)30-14-17-33-34-18-15-31(25-41(34)62-40(33)24-30)37-26-49-44(51-37)39-13-9-21-55(39)46(57)43(53-48(59)61-4)28-10-6-5-7-11-28;1-27(2)42(50-45(54)56-3)44(53)51-19-7-11-38(51)36-22-32-21-29(15-18-35(32)48-36)30-13-16-33-34-17-14-31(24-41(34)58-40(33)23-30)37-25-47-43(49-37)39-12-8-20-52(39)46(55)57-26-28-9-5-4-6-10-28;1-15-10(14)11-8(9(12)13)7-5-3-2-4-6-7/h5-7,10-11,14-19,22,24-27,38-39,42-43H,8-9,12-13,20-21,23H2,1-4H3,(H,49,51)(H,52,58)(H,53,59);4-6,9-10,13-18,21,23-25,27,38-39,42H,7-8,11-12,19-20,22,26H2,1-3H3,(H,47,49)(H,50,54);2-6,8H,1H3,(H,11,14)(H,12,13)/t38-,39-,42-,43+;38-,39-,42-;8-/m001/s1. The Hall–Kier alpha value is -14.6. The first-order chi connectivity index (χ1) is 65.5. The van der Waals surface area contributed by atoms with Crippen LogP contribution in [-0.2, 0) is 62.3 Å². The van der Waals surface area contributed by atoms with Crippen LogP contribution in [-0.4, -0.2) is 189 Å². The number of aliphatic carboxylic acids is 1. The quantitative estimate of drug-likeness (QED) is 0.0310. The Labute approximate surface area is 788 Å². The summed E-state index contributed by atoms with van der Waals surface area (Å²) in [7, 11) is 5.08. The average Bonchev–Trinajstić information content (AvgIpc) is 1.61. The molecule has 4 saturated heterocycles. The minimum absolute atomic E-state index is 0.0812. The third-order valence-electron chi connectivity index (χ3n) is 26.0. The Kier molecular flexibility index (Phi) is 27.9. The maximum Gasteiger partial charge on any atom is 0.410 e. The van der Waals surface area contributed by atoms with Gasteiger partial charge in [0.25, 0.3) is 5.91 Å². The fourth-order valence-corrected chi connectivity index (χ4v) is 21.4. The third-order valence-corrected chi connectivity index (χ3v) is 28.2. The van der Waals surface area contributed by atoms with Crippen LogP contribution >= 0.6 is 22.7 Å². The largest absolute Gasteiger partial charge is 0.479 e. The molecule has 7 N–H and O–H groups in total. The van der Waals surface area contributed by atoms with Crippen LogP contribution in [0.1, 0.15) is 143 Å². The van der Waals surface area contributed by atoms with E-state index in [2.05, 4.69) is 145 Å². The van der Waals surface area contributed by atoms with Gasteiger partial charge in [-0.05, 0) is 162 Å². The molecule has 9 aromatic carbocycles. The molecule has 19 rings (SSSR count). The number of aliphatic imine (C=N–C) groups is 2. The molecule has 13 aromatic rings. The molecule has 4 fully saturated rings. The molecule has 0 bridgehead atoms. The van der Waals surface area contributed by atoms with E-state index < -0.39 is 54.5 Å². The van der Waals surface area contributed by atoms with Crippen molar-refractivity contribution in [2.24, 2.45) is 21.8 Å². The summed E-state index contributed by atoms with van der Waals surface area (Å²) in [6.07, 6.45) is 8.88. The molecule has 8 amide bonds. The van der Waals surface area contributed by atoms with Crippen molar-refractivity contribution in [1.82, 2.24) is 60.8 Å². The summed E-state index contributed by atoms with van der Waals surface area (Å²) in [5.74, 6) is -0.208. The lowest BCUT2D eigenvalue weighted by Crippen LogP contribution is -2.53. The highest BCUT2D eigenvalue weighted by Gasteiger charge is 2.43. The lowest BCUT2D eigenvalue weighted by Gasteiger charge is -2.30. The van der Waals surface area contributed by atoms with Crippen molar-refractivity contribution in [3.8, 4) is 44.8 Å². The van der Waals surface area contributed by atoms with E-state index in [-0.39, 0.29) is 66.4 Å². The van der Waals surface area contributed by atoms with Crippen LogP contribution in [0, 0.1) is 11.8 Å². The second-order valence-corrected chi connectivity index (χ2v) is 37.3. The first-order valence-electron chi connectivity index (χ1n) is 45.5. The van der Waals surface area contributed by atoms with Crippen LogP contribution in [0.3, 0.4) is 0 Å². The number of carbonyl (C=O) groups excluding carboxylic acids is 8. The van der Waals surface area contributed by atoms with Gasteiger partial charge < -0.3 is 74.7 Å². The molecule has 6 aliphatic heterocycles. The van der Waals surface area contributed by atoms with Gasteiger partial charge >= 0.3 is 36.4 Å². The molecule has 6 aliphatic rings. The summed E-state index contributed by atoms with van der Waals surface area (Å²) < 4.78 is 29.2. The predicted molar refractivity (Wildman–Crippen MR) is 520 cm³/mol. The predicted octanol–water partition coefficient (Wildman–Crippen LogP) is 19.6. The zero-order chi connectivity index (χ0) is 94.2. The minimum Gasteiger partial charge on any atom is -0.479 e. The van der Waals surface area contributed by atoms with Gasteiger partial charge in [0.05, 0.1) is 87.8 Å². The lowest BCUT2D eigenvalue weighted by molar-refractivity contribution is -0.139. The summed E-state index contributed by atoms with van der Waals surface area (Å²) in [5.41, 5.74) is 16.7. The SMILES string of the molecule is COC(=O)N[C@@H](C(=O)O)c1ccccc1.COC(=O)N[C@H](C(=O)N1CCC[C@H]1C1=Nc2ccc(-c3ccc4c(c3)sc3cc(-c5cnc([C@@H]6CCCN6C(=O)OCc6ccccc6)[nH]5)ccc34)cc2C1)C(C)C.COC(=O)N[C@H](C(=O)N1CCC[C@H]1C1=Nc2ccc(-c3ccc4c(c3)sc3cc(-c5cnc([C@@H]6CCCN6C(=O)[C@H](NC(=O)OC)c6ccccc6)[nH]5)ccc34)cc2C1)C(C)C. The number of hydrogen-bond acceptors (Lipinski definition) is 20. The number of nitrogens with zero attached hydrogens (tertiary/aromatic N) is 8. The maximum absolute atomic E-state index is 14.0. The number of aromatic nitrogens is 4. The number of aromatic amines is 2. The number of hydrogen-bond donors (Lipinski definition) is 7. The van der Waals surface area contributed by atoms with Gasteiger partial charge in [-0.2, -0.15) is 0 Å². The number of rotatable bonds is 22. The number of nitrogens with one attached hydrogen (secondary N) is 6. The fraction of sp³-hybridized carbons (Fsp3) is 0.317. The Balaban J connectivity index is 0.000000163. The van der Waals surface area contributed by atoms with E-state index in [1.165, 1.54) is 64.1 Å². The number of imidazole rings is 2. The van der Waals surface area contributed by atoms with Crippen LogP contribution in [0.4, 0.5) is 35.3 Å². The second kappa shape index (κ2) is 40.9. The van der Waals surface area contributed by atoms with Gasteiger partial charge in [-0.1, -0.05) is 179 Å². The molecule has 135 heavy (non-hydrogen) atoms. The van der Waals surface area contributed by atoms with E-state index in [0.717, 1.165) is 146 Å². The molecule has 31 heteroatoms. The van der Waals surface area contributed by atoms with Crippen molar-refractivity contribution in [1.29, 1.82) is 0 Å². The average molecular weight is 1860 g/mol. The van der Waals surface area contributed by atoms with Crippen molar-refractivity contribution in [3.63, 3.8) is 0 Å². The number of carboxylic acid groups (broad SMARTS) is 1. The van der Waals surface area contributed by atoms with E-state index >= 15 is 0 Å². The Morgan fingerprint density at radius 1 is 0.407 bits per heavy atom. The van der Waals surface area contributed by atoms with E-state index in [4.69, 9.17) is 44.0 Å². The monoisotopic (exact) mass is 1850 g/mol. The summed E-state index contributed by atoms with van der Waals surface area (Å²) in [4.78, 5) is 147. The zero-order valence-corrected chi connectivity index (χ0v) is 77.8. The normalized spacial score (nSPS) is 17.4. The summed E-state index contributed by atoms with van der Waals surface area (Å²) in [6, 6.07) is 62.7. The molecule has 4 aromatic heterocycles.